The zero-order chi connectivity index (χ0) is 20.5. The van der Waals surface area contributed by atoms with E-state index in [0.29, 0.717) is 17.0 Å². The van der Waals surface area contributed by atoms with Crippen molar-refractivity contribution in [3.05, 3.63) is 94.5 Å². The number of nitrogens with zero attached hydrogens (tertiary/aromatic N) is 2. The van der Waals surface area contributed by atoms with Crippen LogP contribution < -0.4 is 5.32 Å². The number of aromatic nitrogens is 2. The third-order valence-corrected chi connectivity index (χ3v) is 4.68. The first-order chi connectivity index (χ1) is 13.9. The monoisotopic (exact) mass is 415 g/mol. The second kappa shape index (κ2) is 7.60. The Hall–Kier alpha value is -3.32. The van der Waals surface area contributed by atoms with Gasteiger partial charge in [0.05, 0.1) is 12.2 Å². The fourth-order valence-electron chi connectivity index (χ4n) is 3.09. The summed E-state index contributed by atoms with van der Waals surface area (Å²) >= 11 is 6.03. The fraction of sp³-hybridized carbons (Fsp3) is 0.0476. The molecule has 29 heavy (non-hydrogen) atoms. The van der Waals surface area contributed by atoms with E-state index >= 15 is 0 Å². The van der Waals surface area contributed by atoms with Crippen molar-refractivity contribution in [2.45, 2.75) is 6.04 Å². The van der Waals surface area contributed by atoms with Crippen molar-refractivity contribution in [3.63, 3.8) is 0 Å². The summed E-state index contributed by atoms with van der Waals surface area (Å²) in [5, 5.41) is 14.5. The maximum Gasteiger partial charge on any atom is 0.168 e. The molecule has 0 aliphatic heterocycles. The second-order valence-electron chi connectivity index (χ2n) is 6.31. The van der Waals surface area contributed by atoms with Gasteiger partial charge in [0.15, 0.2) is 11.6 Å². The molecular formula is C21H13ClF3N3O. The first-order valence-electron chi connectivity index (χ1n) is 8.53. The van der Waals surface area contributed by atoms with Crippen LogP contribution in [0.15, 0.2) is 60.9 Å². The smallest absolute Gasteiger partial charge is 0.168 e. The van der Waals surface area contributed by atoms with E-state index in [2.05, 4.69) is 15.3 Å². The van der Waals surface area contributed by atoms with E-state index in [1.807, 2.05) is 0 Å². The zero-order valence-corrected chi connectivity index (χ0v) is 15.5. The predicted molar refractivity (Wildman–Crippen MR) is 104 cm³/mol. The average Bonchev–Trinajstić information content (AvgIpc) is 2.70. The van der Waals surface area contributed by atoms with Gasteiger partial charge in [-0.25, -0.2) is 18.2 Å². The van der Waals surface area contributed by atoms with Gasteiger partial charge >= 0.3 is 0 Å². The number of halogens is 4. The molecule has 0 aliphatic carbocycles. The minimum atomic E-state index is -1.08. The first-order valence-corrected chi connectivity index (χ1v) is 8.91. The Labute approximate surface area is 168 Å². The third kappa shape index (κ3) is 3.69. The highest BCUT2D eigenvalue weighted by Crippen LogP contribution is 2.38. The molecule has 0 amide bonds. The topological polar surface area (TPSA) is 58.0 Å². The largest absolute Gasteiger partial charge is 0.505 e. The van der Waals surface area contributed by atoms with Gasteiger partial charge in [-0.3, -0.25) is 4.98 Å². The summed E-state index contributed by atoms with van der Waals surface area (Å²) in [6.07, 6.45) is 2.34. The molecule has 1 unspecified atom stereocenters. The van der Waals surface area contributed by atoms with Crippen molar-refractivity contribution >= 4 is 28.3 Å². The molecule has 0 bridgehead atoms. The lowest BCUT2D eigenvalue weighted by Gasteiger charge is -2.23. The van der Waals surface area contributed by atoms with E-state index in [0.717, 1.165) is 12.3 Å². The summed E-state index contributed by atoms with van der Waals surface area (Å²) in [5.74, 6) is -2.96. The van der Waals surface area contributed by atoms with E-state index in [-0.39, 0.29) is 27.7 Å². The molecule has 2 heterocycles. The zero-order valence-electron chi connectivity index (χ0n) is 14.7. The maximum absolute atomic E-state index is 14.6. The molecule has 2 aromatic carbocycles. The summed E-state index contributed by atoms with van der Waals surface area (Å²) in [6, 6.07) is 10.2. The molecule has 0 fully saturated rings. The Morgan fingerprint density at radius 3 is 2.55 bits per heavy atom. The molecule has 4 rings (SSSR count). The number of hydrogen-bond donors (Lipinski definition) is 2. The minimum absolute atomic E-state index is 0.0496. The number of phenolic OH excluding ortho intramolecular Hbond substituents is 1. The molecule has 2 N–H and O–H groups in total. The van der Waals surface area contributed by atoms with E-state index in [1.165, 1.54) is 18.3 Å². The van der Waals surface area contributed by atoms with Gasteiger partial charge in [0.25, 0.3) is 0 Å². The lowest BCUT2D eigenvalue weighted by atomic mass is 9.95. The summed E-state index contributed by atoms with van der Waals surface area (Å²) in [5.41, 5.74) is 0.572. The van der Waals surface area contributed by atoms with Crippen molar-refractivity contribution in [2.75, 3.05) is 5.32 Å². The minimum Gasteiger partial charge on any atom is -0.505 e. The number of hydrogen-bond acceptors (Lipinski definition) is 4. The van der Waals surface area contributed by atoms with Crippen LogP contribution in [-0.2, 0) is 0 Å². The highest BCUT2D eigenvalue weighted by atomic mass is 35.5. The number of nitrogens with one attached hydrogen (secondary N) is 1. The first kappa shape index (κ1) is 19.0. The van der Waals surface area contributed by atoms with Crippen LogP contribution in [0.1, 0.15) is 17.2 Å². The van der Waals surface area contributed by atoms with Gasteiger partial charge in [0.1, 0.15) is 22.9 Å². The molecule has 4 nitrogen and oxygen atoms in total. The SMILES string of the molecule is Oc1c(C(Nc2ncc(F)cc2F)c2cc(Cl)ccc2F)ccc2cccnc12. The molecule has 0 saturated heterocycles. The van der Waals surface area contributed by atoms with Crippen LogP contribution >= 0.6 is 11.6 Å². The van der Waals surface area contributed by atoms with Gasteiger partial charge < -0.3 is 10.4 Å². The normalized spacial score (nSPS) is 12.1. The lowest BCUT2D eigenvalue weighted by molar-refractivity contribution is 0.470. The van der Waals surface area contributed by atoms with Crippen LogP contribution in [0.2, 0.25) is 5.02 Å². The number of benzene rings is 2. The van der Waals surface area contributed by atoms with Crippen LogP contribution in [-0.4, -0.2) is 15.1 Å². The standard InChI is InChI=1S/C21H13ClF3N3O/c22-12-4-6-16(24)15(8-12)19(28-21-17(25)9-13(23)10-27-21)14-5-3-11-2-1-7-26-18(11)20(14)29/h1-10,19,29H,(H,27,28). The van der Waals surface area contributed by atoms with Crippen molar-refractivity contribution in [2.24, 2.45) is 0 Å². The third-order valence-electron chi connectivity index (χ3n) is 4.45. The molecule has 0 saturated carbocycles. The van der Waals surface area contributed by atoms with Crippen molar-refractivity contribution in [3.8, 4) is 5.75 Å². The molecule has 4 aromatic rings. The summed E-state index contributed by atoms with van der Waals surface area (Å²) < 4.78 is 42.1. The summed E-state index contributed by atoms with van der Waals surface area (Å²) in [4.78, 5) is 7.86. The summed E-state index contributed by atoms with van der Waals surface area (Å²) in [6.45, 7) is 0. The van der Waals surface area contributed by atoms with Gasteiger partial charge in [0, 0.05) is 33.8 Å². The van der Waals surface area contributed by atoms with E-state index < -0.39 is 23.5 Å². The van der Waals surface area contributed by atoms with E-state index in [9.17, 15) is 18.3 Å². The van der Waals surface area contributed by atoms with Crippen LogP contribution in [0.25, 0.3) is 10.9 Å². The quantitative estimate of drug-likeness (QED) is 0.455. The van der Waals surface area contributed by atoms with E-state index in [4.69, 9.17) is 11.6 Å². The maximum atomic E-state index is 14.6. The number of pyridine rings is 2. The molecule has 0 spiro atoms. The lowest BCUT2D eigenvalue weighted by Crippen LogP contribution is -2.16. The Balaban J connectivity index is 1.91. The van der Waals surface area contributed by atoms with Crippen LogP contribution in [0.3, 0.4) is 0 Å². The number of anilines is 1. The van der Waals surface area contributed by atoms with Crippen molar-refractivity contribution in [1.82, 2.24) is 9.97 Å². The van der Waals surface area contributed by atoms with Gasteiger partial charge in [-0.05, 0) is 24.3 Å². The van der Waals surface area contributed by atoms with Crippen molar-refractivity contribution in [1.29, 1.82) is 0 Å². The number of phenols is 1. The Morgan fingerprint density at radius 1 is 0.931 bits per heavy atom. The fourth-order valence-corrected chi connectivity index (χ4v) is 3.28. The molecular weight excluding hydrogens is 403 g/mol. The molecule has 0 aliphatic rings. The van der Waals surface area contributed by atoms with Crippen LogP contribution in [0.4, 0.5) is 19.0 Å². The highest BCUT2D eigenvalue weighted by Gasteiger charge is 2.24. The molecule has 8 heteroatoms. The van der Waals surface area contributed by atoms with Crippen molar-refractivity contribution < 1.29 is 18.3 Å². The van der Waals surface area contributed by atoms with Gasteiger partial charge in [0.2, 0.25) is 0 Å². The number of fused-ring (bicyclic) bond motifs is 1. The molecule has 146 valence electrons. The van der Waals surface area contributed by atoms with Gasteiger partial charge in [-0.1, -0.05) is 29.8 Å². The Morgan fingerprint density at radius 2 is 1.76 bits per heavy atom. The highest BCUT2D eigenvalue weighted by molar-refractivity contribution is 6.30. The Bertz CT molecular complexity index is 1220. The summed E-state index contributed by atoms with van der Waals surface area (Å²) in [7, 11) is 0. The van der Waals surface area contributed by atoms with Crippen LogP contribution in [0.5, 0.6) is 5.75 Å². The molecule has 2 aromatic heterocycles. The van der Waals surface area contributed by atoms with Gasteiger partial charge in [-0.2, -0.15) is 0 Å². The molecule has 0 radical (unpaired) electrons. The Kier molecular flexibility index (Phi) is 4.98. The number of rotatable bonds is 4. The predicted octanol–water partition coefficient (Wildman–Crippen LogP) is 5.61. The number of aromatic hydroxyl groups is 1. The second-order valence-corrected chi connectivity index (χ2v) is 6.74. The van der Waals surface area contributed by atoms with Crippen LogP contribution in [0, 0.1) is 17.5 Å². The molecule has 1 atom stereocenters. The van der Waals surface area contributed by atoms with Gasteiger partial charge in [-0.15, -0.1) is 0 Å². The average molecular weight is 416 g/mol. The van der Waals surface area contributed by atoms with E-state index in [1.54, 1.807) is 24.3 Å².